The van der Waals surface area contributed by atoms with Crippen LogP contribution in [-0.2, 0) is 23.0 Å². The van der Waals surface area contributed by atoms with E-state index in [0.29, 0.717) is 5.39 Å². The molecule has 0 spiro atoms. The van der Waals surface area contributed by atoms with E-state index >= 15 is 0 Å². The summed E-state index contributed by atoms with van der Waals surface area (Å²) in [5, 5.41) is 1.60. The Labute approximate surface area is 145 Å². The summed E-state index contributed by atoms with van der Waals surface area (Å²) in [6, 6.07) is 9.24. The molecule has 3 nitrogen and oxygen atoms in total. The van der Waals surface area contributed by atoms with Crippen molar-refractivity contribution in [1.29, 1.82) is 0 Å². The quantitative estimate of drug-likeness (QED) is 0.477. The fraction of sp³-hybridized carbons (Fsp3) is 0.500. The summed E-state index contributed by atoms with van der Waals surface area (Å²) >= 11 is 0. The molecule has 0 radical (unpaired) electrons. The van der Waals surface area contributed by atoms with Gasteiger partial charge >= 0.3 is 0 Å². The molecule has 0 bridgehead atoms. The first-order valence-electron chi connectivity index (χ1n) is 9.00. The van der Waals surface area contributed by atoms with Gasteiger partial charge in [-0.05, 0) is 48.3 Å². The van der Waals surface area contributed by atoms with Crippen molar-refractivity contribution >= 4 is 20.9 Å². The maximum atomic E-state index is 11.9. The minimum absolute atomic E-state index is 0.0452. The van der Waals surface area contributed by atoms with Crippen molar-refractivity contribution in [3.05, 3.63) is 41.5 Å². The summed E-state index contributed by atoms with van der Waals surface area (Å²) in [5.74, 6) is 0. The maximum Gasteiger partial charge on any atom is 0.295 e. The number of hydrogen-bond donors (Lipinski definition) is 1. The Kier molecular flexibility index (Phi) is 6.81. The molecular weight excluding hydrogens is 320 g/mol. The van der Waals surface area contributed by atoms with Crippen LogP contribution in [0.5, 0.6) is 0 Å². The molecule has 0 unspecified atom stereocenters. The van der Waals surface area contributed by atoms with Crippen LogP contribution < -0.4 is 0 Å². The number of unbranched alkanes of at least 4 members (excludes halogenated alkanes) is 4. The number of hydrogen-bond acceptors (Lipinski definition) is 2. The van der Waals surface area contributed by atoms with E-state index in [9.17, 15) is 13.0 Å². The minimum atomic E-state index is -4.22. The molecule has 0 saturated carbocycles. The lowest BCUT2D eigenvalue weighted by Gasteiger charge is -2.15. The second-order valence-corrected chi connectivity index (χ2v) is 7.84. The van der Waals surface area contributed by atoms with Crippen molar-refractivity contribution in [2.24, 2.45) is 0 Å². The molecule has 0 amide bonds. The molecule has 2 aromatic carbocycles. The van der Waals surface area contributed by atoms with E-state index in [4.69, 9.17) is 0 Å². The molecule has 2 rings (SSSR count). The van der Waals surface area contributed by atoms with Gasteiger partial charge in [-0.2, -0.15) is 8.42 Å². The summed E-state index contributed by atoms with van der Waals surface area (Å²) in [5.41, 5.74) is 2.33. The Bertz CT molecular complexity index is 779. The average Bonchev–Trinajstić information content (AvgIpc) is 2.55. The molecule has 0 aliphatic carbocycles. The molecule has 2 aromatic rings. The standard InChI is InChI=1S/C20H28O3S/c1-3-5-7-10-16-14-15-17-11-9-13-19(24(21,22)23)20(17)18(16)12-8-6-4-2/h9,11,13-15H,3-8,10,12H2,1-2H3,(H,21,22,23). The third-order valence-electron chi connectivity index (χ3n) is 4.57. The Morgan fingerprint density at radius 2 is 1.54 bits per heavy atom. The first-order valence-corrected chi connectivity index (χ1v) is 10.4. The summed E-state index contributed by atoms with van der Waals surface area (Å²) in [7, 11) is -4.22. The monoisotopic (exact) mass is 348 g/mol. The average molecular weight is 349 g/mol. The highest BCUT2D eigenvalue weighted by molar-refractivity contribution is 7.86. The largest absolute Gasteiger partial charge is 0.295 e. The molecule has 1 N–H and O–H groups in total. The van der Waals surface area contributed by atoms with Crippen molar-refractivity contribution < 1.29 is 13.0 Å². The summed E-state index contributed by atoms with van der Waals surface area (Å²) in [4.78, 5) is 0.0452. The van der Waals surface area contributed by atoms with E-state index in [1.807, 2.05) is 12.1 Å². The van der Waals surface area contributed by atoms with Gasteiger partial charge in [-0.25, -0.2) is 0 Å². The minimum Gasteiger partial charge on any atom is -0.282 e. The third kappa shape index (κ3) is 4.58. The first kappa shape index (κ1) is 18.9. The van der Waals surface area contributed by atoms with Crippen molar-refractivity contribution in [2.75, 3.05) is 0 Å². The van der Waals surface area contributed by atoms with E-state index in [2.05, 4.69) is 19.9 Å². The second-order valence-electron chi connectivity index (χ2n) is 6.45. The van der Waals surface area contributed by atoms with E-state index in [0.717, 1.165) is 55.9 Å². The van der Waals surface area contributed by atoms with Crippen molar-refractivity contribution in [3.8, 4) is 0 Å². The summed E-state index contributed by atoms with van der Waals surface area (Å²) in [6.07, 6.45) is 8.55. The van der Waals surface area contributed by atoms with Gasteiger partial charge in [0, 0.05) is 5.39 Å². The van der Waals surface area contributed by atoms with E-state index in [-0.39, 0.29) is 4.90 Å². The highest BCUT2D eigenvalue weighted by Crippen LogP contribution is 2.31. The summed E-state index contributed by atoms with van der Waals surface area (Å²) < 4.78 is 33.4. The van der Waals surface area contributed by atoms with Crippen LogP contribution >= 0.6 is 0 Å². The molecule has 0 aliphatic rings. The van der Waals surface area contributed by atoms with E-state index < -0.39 is 10.1 Å². The number of fused-ring (bicyclic) bond motifs is 1. The highest BCUT2D eigenvalue weighted by Gasteiger charge is 2.18. The lowest BCUT2D eigenvalue weighted by molar-refractivity contribution is 0.484. The van der Waals surface area contributed by atoms with Crippen LogP contribution in [0.1, 0.15) is 63.5 Å². The zero-order chi connectivity index (χ0) is 17.6. The van der Waals surface area contributed by atoms with Crippen molar-refractivity contribution in [2.45, 2.75) is 70.1 Å². The molecular formula is C20H28O3S. The molecule has 0 aromatic heterocycles. The highest BCUT2D eigenvalue weighted by atomic mass is 32.2. The van der Waals surface area contributed by atoms with Crippen LogP contribution in [0.2, 0.25) is 0 Å². The van der Waals surface area contributed by atoms with Gasteiger partial charge in [-0.1, -0.05) is 63.8 Å². The van der Waals surface area contributed by atoms with Gasteiger partial charge in [0.2, 0.25) is 0 Å². The van der Waals surface area contributed by atoms with Crippen LogP contribution in [0.3, 0.4) is 0 Å². The molecule has 0 aliphatic heterocycles. The Hall–Kier alpha value is -1.39. The Morgan fingerprint density at radius 3 is 2.17 bits per heavy atom. The Morgan fingerprint density at radius 1 is 0.875 bits per heavy atom. The fourth-order valence-corrected chi connectivity index (χ4v) is 4.06. The first-order chi connectivity index (χ1) is 11.5. The predicted molar refractivity (Wildman–Crippen MR) is 100 cm³/mol. The molecule has 0 saturated heterocycles. The number of aryl methyl sites for hydroxylation is 2. The van der Waals surface area contributed by atoms with Gasteiger partial charge in [0.25, 0.3) is 10.1 Å². The lowest BCUT2D eigenvalue weighted by Crippen LogP contribution is -2.04. The fourth-order valence-electron chi connectivity index (χ4n) is 3.31. The van der Waals surface area contributed by atoms with Crippen LogP contribution in [-0.4, -0.2) is 13.0 Å². The van der Waals surface area contributed by atoms with Crippen LogP contribution in [0.25, 0.3) is 10.8 Å². The SMILES string of the molecule is CCCCCc1ccc2cccc(S(=O)(=O)O)c2c1CCCCC. The van der Waals surface area contributed by atoms with Gasteiger partial charge in [0.05, 0.1) is 0 Å². The van der Waals surface area contributed by atoms with Crippen LogP contribution in [0, 0.1) is 0 Å². The molecule has 0 heterocycles. The number of benzene rings is 2. The molecule has 24 heavy (non-hydrogen) atoms. The topological polar surface area (TPSA) is 54.4 Å². The van der Waals surface area contributed by atoms with Gasteiger partial charge in [0.1, 0.15) is 4.90 Å². The smallest absolute Gasteiger partial charge is 0.282 e. The normalized spacial score (nSPS) is 12.0. The van der Waals surface area contributed by atoms with Gasteiger partial charge in [-0.15, -0.1) is 0 Å². The van der Waals surface area contributed by atoms with Crippen LogP contribution in [0.4, 0.5) is 0 Å². The van der Waals surface area contributed by atoms with Crippen LogP contribution in [0.15, 0.2) is 35.2 Å². The van der Waals surface area contributed by atoms with Gasteiger partial charge in [0.15, 0.2) is 0 Å². The molecule has 4 heteroatoms. The zero-order valence-electron chi connectivity index (χ0n) is 14.7. The summed E-state index contributed by atoms with van der Waals surface area (Å²) in [6.45, 7) is 4.34. The van der Waals surface area contributed by atoms with E-state index in [1.54, 1.807) is 6.07 Å². The lowest BCUT2D eigenvalue weighted by atomic mass is 9.92. The zero-order valence-corrected chi connectivity index (χ0v) is 15.5. The van der Waals surface area contributed by atoms with Gasteiger partial charge in [-0.3, -0.25) is 4.55 Å². The third-order valence-corrected chi connectivity index (χ3v) is 5.47. The molecule has 0 atom stereocenters. The van der Waals surface area contributed by atoms with Gasteiger partial charge < -0.3 is 0 Å². The second kappa shape index (κ2) is 8.63. The maximum absolute atomic E-state index is 11.9. The number of rotatable bonds is 9. The van der Waals surface area contributed by atoms with Crippen molar-refractivity contribution in [3.63, 3.8) is 0 Å². The molecule has 0 fully saturated rings. The molecule has 132 valence electrons. The van der Waals surface area contributed by atoms with E-state index in [1.165, 1.54) is 18.1 Å². The van der Waals surface area contributed by atoms with Crippen molar-refractivity contribution in [1.82, 2.24) is 0 Å². The predicted octanol–water partition coefficient (Wildman–Crippen LogP) is 5.55. The Balaban J connectivity index is 2.58.